The van der Waals surface area contributed by atoms with Crippen LogP contribution in [-0.4, -0.2) is 45.6 Å². The minimum atomic E-state index is -2.90. The van der Waals surface area contributed by atoms with Crippen molar-refractivity contribution in [2.45, 2.75) is 39.2 Å². The number of nitrogens with zero attached hydrogens (tertiary/aromatic N) is 1. The van der Waals surface area contributed by atoms with Gasteiger partial charge in [0.15, 0.2) is 27.4 Å². The highest BCUT2D eigenvalue weighted by Crippen LogP contribution is 2.30. The van der Waals surface area contributed by atoms with Crippen molar-refractivity contribution >= 4 is 39.8 Å². The lowest BCUT2D eigenvalue weighted by Gasteiger charge is -2.19. The van der Waals surface area contributed by atoms with Crippen LogP contribution in [0.25, 0.3) is 0 Å². The van der Waals surface area contributed by atoms with Gasteiger partial charge < -0.3 is 15.4 Å². The van der Waals surface area contributed by atoms with Crippen LogP contribution in [0.2, 0.25) is 0 Å². The smallest absolute Gasteiger partial charge is 0.191 e. The first-order chi connectivity index (χ1) is 13.4. The molecule has 3 rings (SSSR count). The van der Waals surface area contributed by atoms with Crippen LogP contribution in [0.4, 0.5) is 4.39 Å². The number of benzene rings is 1. The molecule has 0 spiro atoms. The predicted molar refractivity (Wildman–Crippen MR) is 124 cm³/mol. The molecule has 1 saturated carbocycles. The Balaban J connectivity index is 0.00000300. The fraction of sp³-hybridized carbons (Fsp3) is 0.650. The number of sulfone groups is 1. The van der Waals surface area contributed by atoms with Crippen molar-refractivity contribution in [1.29, 1.82) is 0 Å². The molecule has 6 nitrogen and oxygen atoms in total. The van der Waals surface area contributed by atoms with Crippen molar-refractivity contribution in [2.24, 2.45) is 16.8 Å². The molecule has 2 unspecified atom stereocenters. The van der Waals surface area contributed by atoms with E-state index in [-0.39, 0.29) is 53.3 Å². The van der Waals surface area contributed by atoms with E-state index in [0.717, 1.165) is 5.56 Å². The van der Waals surface area contributed by atoms with E-state index in [1.807, 2.05) is 19.9 Å². The molecule has 9 heteroatoms. The summed E-state index contributed by atoms with van der Waals surface area (Å²) in [5, 5.41) is 6.43. The van der Waals surface area contributed by atoms with E-state index in [1.165, 1.54) is 18.9 Å². The summed E-state index contributed by atoms with van der Waals surface area (Å²) in [7, 11) is -2.90. The van der Waals surface area contributed by atoms with Crippen molar-refractivity contribution < 1.29 is 17.5 Å². The number of hydrogen-bond donors (Lipinski definition) is 2. The molecule has 164 valence electrons. The third kappa shape index (κ3) is 7.58. The molecule has 0 radical (unpaired) electrons. The van der Waals surface area contributed by atoms with E-state index in [4.69, 9.17) is 4.74 Å². The minimum Gasteiger partial charge on any atom is -0.490 e. The second-order valence-electron chi connectivity index (χ2n) is 7.80. The second-order valence-corrected chi connectivity index (χ2v) is 10.0. The van der Waals surface area contributed by atoms with Crippen molar-refractivity contribution in [3.63, 3.8) is 0 Å². The van der Waals surface area contributed by atoms with E-state index in [0.29, 0.717) is 43.7 Å². The minimum absolute atomic E-state index is 0. The zero-order chi connectivity index (χ0) is 20.1. The molecule has 0 aromatic heterocycles. The normalized spacial score (nSPS) is 21.9. The van der Waals surface area contributed by atoms with Crippen LogP contribution in [0.15, 0.2) is 23.2 Å². The Hall–Kier alpha value is -1.10. The third-order valence-electron chi connectivity index (χ3n) is 5.16. The highest BCUT2D eigenvalue weighted by atomic mass is 127. The van der Waals surface area contributed by atoms with Gasteiger partial charge in [0.1, 0.15) is 0 Å². The first kappa shape index (κ1) is 24.2. The van der Waals surface area contributed by atoms with Gasteiger partial charge in [0.2, 0.25) is 0 Å². The average Bonchev–Trinajstić information content (AvgIpc) is 3.41. The lowest BCUT2D eigenvalue weighted by molar-refractivity contribution is 0.285. The molecule has 2 fully saturated rings. The van der Waals surface area contributed by atoms with Gasteiger partial charge in [-0.3, -0.25) is 4.99 Å². The molecule has 1 aliphatic carbocycles. The van der Waals surface area contributed by atoms with Gasteiger partial charge in [0.05, 0.1) is 24.2 Å². The molecule has 1 aromatic rings. The molecular formula is C20H31FIN3O3S. The summed E-state index contributed by atoms with van der Waals surface area (Å²) >= 11 is 0. The van der Waals surface area contributed by atoms with Crippen LogP contribution in [-0.2, 0) is 9.84 Å². The highest BCUT2D eigenvalue weighted by molar-refractivity contribution is 14.0. The fourth-order valence-electron chi connectivity index (χ4n) is 3.24. The zero-order valence-electron chi connectivity index (χ0n) is 17.0. The van der Waals surface area contributed by atoms with Gasteiger partial charge in [-0.15, -0.1) is 24.0 Å². The summed E-state index contributed by atoms with van der Waals surface area (Å²) in [4.78, 5) is 4.53. The van der Waals surface area contributed by atoms with Crippen LogP contribution >= 0.6 is 24.0 Å². The summed E-state index contributed by atoms with van der Waals surface area (Å²) in [6.45, 7) is 5.63. The van der Waals surface area contributed by atoms with Crippen LogP contribution in [0.1, 0.15) is 44.7 Å². The fourth-order valence-corrected chi connectivity index (χ4v) is 5.09. The number of hydrogen-bond acceptors (Lipinski definition) is 4. The lowest BCUT2D eigenvalue weighted by Crippen LogP contribution is -2.39. The number of nitrogens with one attached hydrogen (secondary N) is 2. The number of ether oxygens (including phenoxy) is 1. The molecule has 1 heterocycles. The Morgan fingerprint density at radius 2 is 2.07 bits per heavy atom. The molecule has 29 heavy (non-hydrogen) atoms. The van der Waals surface area contributed by atoms with Gasteiger partial charge in [-0.1, -0.05) is 6.07 Å². The van der Waals surface area contributed by atoms with Gasteiger partial charge in [0, 0.05) is 13.1 Å². The van der Waals surface area contributed by atoms with E-state index in [2.05, 4.69) is 15.6 Å². The largest absolute Gasteiger partial charge is 0.490 e. The topological polar surface area (TPSA) is 79.8 Å². The maximum Gasteiger partial charge on any atom is 0.191 e. The predicted octanol–water partition coefficient (Wildman–Crippen LogP) is 3.28. The SMILES string of the molecule is CCNC(=NCC1CCS(=O)(=O)C1)NC(C)c1ccc(OCC2CC2)c(F)c1.I. The highest BCUT2D eigenvalue weighted by Gasteiger charge is 2.27. The Kier molecular flexibility index (Phi) is 8.99. The second kappa shape index (κ2) is 10.8. The number of guanidine groups is 1. The van der Waals surface area contributed by atoms with Crippen LogP contribution < -0.4 is 15.4 Å². The molecule has 1 aromatic carbocycles. The Bertz CT molecular complexity index is 815. The van der Waals surface area contributed by atoms with Crippen LogP contribution in [0, 0.1) is 17.7 Å². The monoisotopic (exact) mass is 539 g/mol. The molecule has 1 saturated heterocycles. The lowest BCUT2D eigenvalue weighted by atomic mass is 10.1. The van der Waals surface area contributed by atoms with E-state index < -0.39 is 9.84 Å². The van der Waals surface area contributed by atoms with Gasteiger partial charge in [0.25, 0.3) is 0 Å². The summed E-state index contributed by atoms with van der Waals surface area (Å²) < 4.78 is 43.1. The van der Waals surface area contributed by atoms with Gasteiger partial charge in [-0.2, -0.15) is 0 Å². The summed E-state index contributed by atoms with van der Waals surface area (Å²) in [5.74, 6) is 1.65. The van der Waals surface area contributed by atoms with Crippen molar-refractivity contribution in [3.05, 3.63) is 29.6 Å². The van der Waals surface area contributed by atoms with Crippen molar-refractivity contribution in [2.75, 3.05) is 31.2 Å². The molecule has 0 amide bonds. The quantitative estimate of drug-likeness (QED) is 0.301. The van der Waals surface area contributed by atoms with Crippen molar-refractivity contribution in [1.82, 2.24) is 10.6 Å². The Labute approximate surface area is 190 Å². The molecule has 1 aliphatic heterocycles. The van der Waals surface area contributed by atoms with E-state index in [9.17, 15) is 12.8 Å². The molecule has 2 atom stereocenters. The summed E-state index contributed by atoms with van der Waals surface area (Å²) in [6, 6.07) is 4.87. The third-order valence-corrected chi connectivity index (χ3v) is 7.00. The number of halogens is 2. The van der Waals surface area contributed by atoms with Crippen molar-refractivity contribution in [3.8, 4) is 5.75 Å². The molecule has 2 aliphatic rings. The molecule has 2 N–H and O–H groups in total. The van der Waals surface area contributed by atoms with Crippen LogP contribution in [0.5, 0.6) is 5.75 Å². The first-order valence-corrected chi connectivity index (χ1v) is 11.9. The average molecular weight is 539 g/mol. The Morgan fingerprint density at radius 3 is 2.66 bits per heavy atom. The van der Waals surface area contributed by atoms with Crippen LogP contribution in [0.3, 0.4) is 0 Å². The summed E-state index contributed by atoms with van der Waals surface area (Å²) in [5.41, 5.74) is 0.797. The van der Waals surface area contributed by atoms with Gasteiger partial charge in [-0.25, -0.2) is 12.8 Å². The maximum absolute atomic E-state index is 14.3. The summed E-state index contributed by atoms with van der Waals surface area (Å²) in [6.07, 6.45) is 2.99. The zero-order valence-corrected chi connectivity index (χ0v) is 20.1. The first-order valence-electron chi connectivity index (χ1n) is 10.0. The van der Waals surface area contributed by atoms with Gasteiger partial charge in [-0.05, 0) is 62.6 Å². The maximum atomic E-state index is 14.3. The standard InChI is InChI=1S/C20H30FN3O3S.HI/c1-3-22-20(23-11-16-8-9-28(25,26)13-16)24-14(2)17-6-7-19(18(21)10-17)27-12-15-4-5-15;/h6-7,10,14-16H,3-5,8-9,11-13H2,1-2H3,(H2,22,23,24);1H. The number of rotatable bonds is 8. The van der Waals surface area contributed by atoms with E-state index >= 15 is 0 Å². The van der Waals surface area contributed by atoms with E-state index in [1.54, 1.807) is 6.07 Å². The molecule has 0 bridgehead atoms. The van der Waals surface area contributed by atoms with Gasteiger partial charge >= 0.3 is 0 Å². The molecular weight excluding hydrogens is 508 g/mol. The number of aliphatic imine (C=N–C) groups is 1. The Morgan fingerprint density at radius 1 is 1.31 bits per heavy atom.